The van der Waals surface area contributed by atoms with Crippen molar-refractivity contribution in [2.45, 2.75) is 12.8 Å². The standard InChI is InChI=1S/C20H21N5O2/c26-19(25-14-12-24(13-15-25)17-4-2-1-3-5-17)7-6-18-22-20(23-27-18)16-8-10-21-11-9-16/h1-5,8-11H,6-7,12-15H2. The van der Waals surface area contributed by atoms with Gasteiger partial charge in [-0.2, -0.15) is 4.98 Å². The van der Waals surface area contributed by atoms with Crippen molar-refractivity contribution in [2.75, 3.05) is 31.1 Å². The van der Waals surface area contributed by atoms with E-state index in [-0.39, 0.29) is 5.91 Å². The average Bonchev–Trinajstić information content (AvgIpc) is 3.22. The van der Waals surface area contributed by atoms with Crippen molar-refractivity contribution in [1.82, 2.24) is 20.0 Å². The maximum Gasteiger partial charge on any atom is 0.227 e. The highest BCUT2D eigenvalue weighted by Crippen LogP contribution is 2.17. The Morgan fingerprint density at radius 2 is 1.74 bits per heavy atom. The second-order valence-electron chi connectivity index (χ2n) is 6.45. The Labute approximate surface area is 157 Å². The summed E-state index contributed by atoms with van der Waals surface area (Å²) in [4.78, 5) is 25.1. The van der Waals surface area contributed by atoms with Crippen LogP contribution in [0.5, 0.6) is 0 Å². The summed E-state index contributed by atoms with van der Waals surface area (Å²) >= 11 is 0. The summed E-state index contributed by atoms with van der Waals surface area (Å²) in [6.45, 7) is 3.17. The maximum atomic E-state index is 12.5. The van der Waals surface area contributed by atoms with Gasteiger partial charge in [0.2, 0.25) is 17.6 Å². The fourth-order valence-corrected chi connectivity index (χ4v) is 3.20. The van der Waals surface area contributed by atoms with Crippen molar-refractivity contribution in [1.29, 1.82) is 0 Å². The largest absolute Gasteiger partial charge is 0.368 e. The summed E-state index contributed by atoms with van der Waals surface area (Å²) in [5.74, 6) is 1.14. The van der Waals surface area contributed by atoms with Crippen LogP contribution in [0.2, 0.25) is 0 Å². The van der Waals surface area contributed by atoms with Gasteiger partial charge in [0.05, 0.1) is 0 Å². The van der Waals surface area contributed by atoms with E-state index in [9.17, 15) is 4.79 Å². The van der Waals surface area contributed by atoms with E-state index < -0.39 is 0 Å². The SMILES string of the molecule is O=C(CCc1nc(-c2ccncc2)no1)N1CCN(c2ccccc2)CC1. The number of rotatable bonds is 5. The number of para-hydroxylation sites is 1. The zero-order chi connectivity index (χ0) is 18.5. The number of benzene rings is 1. The molecule has 4 rings (SSSR count). The fourth-order valence-electron chi connectivity index (χ4n) is 3.20. The normalized spacial score (nSPS) is 14.4. The van der Waals surface area contributed by atoms with Crippen molar-refractivity contribution in [2.24, 2.45) is 0 Å². The van der Waals surface area contributed by atoms with Crippen LogP contribution < -0.4 is 4.90 Å². The first kappa shape index (κ1) is 17.2. The first-order valence-corrected chi connectivity index (χ1v) is 9.10. The molecule has 138 valence electrons. The van der Waals surface area contributed by atoms with E-state index in [1.807, 2.05) is 35.2 Å². The molecule has 0 spiro atoms. The molecule has 3 heterocycles. The molecule has 1 aliphatic heterocycles. The highest BCUT2D eigenvalue weighted by molar-refractivity contribution is 5.76. The third-order valence-electron chi connectivity index (χ3n) is 4.71. The zero-order valence-corrected chi connectivity index (χ0v) is 15.0. The average molecular weight is 363 g/mol. The number of piperazine rings is 1. The predicted octanol–water partition coefficient (Wildman–Crippen LogP) is 2.41. The zero-order valence-electron chi connectivity index (χ0n) is 15.0. The van der Waals surface area contributed by atoms with E-state index in [0.717, 1.165) is 31.7 Å². The Hall–Kier alpha value is -3.22. The smallest absolute Gasteiger partial charge is 0.227 e. The minimum absolute atomic E-state index is 0.131. The lowest BCUT2D eigenvalue weighted by molar-refractivity contribution is -0.131. The minimum atomic E-state index is 0.131. The molecule has 1 aromatic carbocycles. The Bertz CT molecular complexity index is 874. The number of aryl methyl sites for hydroxylation is 1. The molecule has 0 radical (unpaired) electrons. The molecular formula is C20H21N5O2. The van der Waals surface area contributed by atoms with Gasteiger partial charge in [0, 0.05) is 62.7 Å². The van der Waals surface area contributed by atoms with Gasteiger partial charge in [-0.3, -0.25) is 9.78 Å². The fraction of sp³-hybridized carbons (Fsp3) is 0.300. The molecule has 1 fully saturated rings. The van der Waals surface area contributed by atoms with Crippen LogP contribution in [0.3, 0.4) is 0 Å². The summed E-state index contributed by atoms with van der Waals surface area (Å²) in [5.41, 5.74) is 2.06. The van der Waals surface area contributed by atoms with Gasteiger partial charge < -0.3 is 14.3 Å². The number of aromatic nitrogens is 3. The van der Waals surface area contributed by atoms with Gasteiger partial charge in [-0.1, -0.05) is 23.4 Å². The van der Waals surface area contributed by atoms with Crippen molar-refractivity contribution >= 4 is 11.6 Å². The molecule has 0 unspecified atom stereocenters. The number of amides is 1. The molecule has 0 N–H and O–H groups in total. The molecule has 27 heavy (non-hydrogen) atoms. The number of hydrogen-bond donors (Lipinski definition) is 0. The van der Waals surface area contributed by atoms with Gasteiger partial charge in [-0.05, 0) is 24.3 Å². The lowest BCUT2D eigenvalue weighted by Gasteiger charge is -2.36. The molecule has 0 saturated carbocycles. The number of pyridine rings is 1. The van der Waals surface area contributed by atoms with E-state index in [1.54, 1.807) is 12.4 Å². The molecule has 0 aliphatic carbocycles. The van der Waals surface area contributed by atoms with Crippen LogP contribution in [0, 0.1) is 0 Å². The van der Waals surface area contributed by atoms with Crippen molar-refractivity contribution in [3.8, 4) is 11.4 Å². The molecule has 7 nitrogen and oxygen atoms in total. The summed E-state index contributed by atoms with van der Waals surface area (Å²) in [7, 11) is 0. The van der Waals surface area contributed by atoms with E-state index in [2.05, 4.69) is 32.2 Å². The predicted molar refractivity (Wildman–Crippen MR) is 101 cm³/mol. The topological polar surface area (TPSA) is 75.4 Å². The van der Waals surface area contributed by atoms with Crippen molar-refractivity contribution in [3.05, 3.63) is 60.7 Å². The number of nitrogens with zero attached hydrogens (tertiary/aromatic N) is 5. The third kappa shape index (κ3) is 4.13. The maximum absolute atomic E-state index is 12.5. The Morgan fingerprint density at radius 1 is 1.00 bits per heavy atom. The van der Waals surface area contributed by atoms with Gasteiger partial charge in [0.25, 0.3) is 0 Å². The molecule has 1 amide bonds. The molecule has 0 bridgehead atoms. The molecule has 0 atom stereocenters. The lowest BCUT2D eigenvalue weighted by atomic mass is 10.2. The first-order chi connectivity index (χ1) is 13.3. The Balaban J connectivity index is 1.27. The van der Waals surface area contributed by atoms with E-state index in [1.165, 1.54) is 5.69 Å². The summed E-state index contributed by atoms with van der Waals surface area (Å²) in [5, 5.41) is 3.97. The lowest BCUT2D eigenvalue weighted by Crippen LogP contribution is -2.48. The first-order valence-electron chi connectivity index (χ1n) is 9.10. The van der Waals surface area contributed by atoms with Crippen LogP contribution >= 0.6 is 0 Å². The molecule has 1 saturated heterocycles. The van der Waals surface area contributed by atoms with Crippen molar-refractivity contribution in [3.63, 3.8) is 0 Å². The second kappa shape index (κ2) is 7.99. The van der Waals surface area contributed by atoms with Gasteiger partial charge >= 0.3 is 0 Å². The van der Waals surface area contributed by atoms with Gasteiger partial charge in [-0.15, -0.1) is 0 Å². The van der Waals surface area contributed by atoms with Crippen LogP contribution in [-0.4, -0.2) is 52.1 Å². The highest BCUT2D eigenvalue weighted by Gasteiger charge is 2.21. The molecule has 7 heteroatoms. The molecule has 1 aliphatic rings. The van der Waals surface area contributed by atoms with Crippen LogP contribution in [0.15, 0.2) is 59.4 Å². The molecule has 2 aromatic heterocycles. The van der Waals surface area contributed by atoms with Crippen LogP contribution in [0.25, 0.3) is 11.4 Å². The molecule has 3 aromatic rings. The summed E-state index contributed by atoms with van der Waals surface area (Å²) < 4.78 is 5.27. The Morgan fingerprint density at radius 3 is 2.48 bits per heavy atom. The van der Waals surface area contributed by atoms with Crippen LogP contribution in [-0.2, 0) is 11.2 Å². The number of carbonyl (C=O) groups is 1. The van der Waals surface area contributed by atoms with Crippen molar-refractivity contribution < 1.29 is 9.32 Å². The van der Waals surface area contributed by atoms with Crippen LogP contribution in [0.4, 0.5) is 5.69 Å². The minimum Gasteiger partial charge on any atom is -0.368 e. The summed E-state index contributed by atoms with van der Waals surface area (Å²) in [6, 6.07) is 14.0. The van der Waals surface area contributed by atoms with Crippen LogP contribution in [0.1, 0.15) is 12.3 Å². The van der Waals surface area contributed by atoms with Gasteiger partial charge in [0.15, 0.2) is 0 Å². The van der Waals surface area contributed by atoms with E-state index in [0.29, 0.717) is 24.6 Å². The Kier molecular flexibility index (Phi) is 5.09. The molecular weight excluding hydrogens is 342 g/mol. The monoisotopic (exact) mass is 363 g/mol. The third-order valence-corrected chi connectivity index (χ3v) is 4.71. The van der Waals surface area contributed by atoms with Gasteiger partial charge in [0.1, 0.15) is 0 Å². The van der Waals surface area contributed by atoms with E-state index >= 15 is 0 Å². The second-order valence-corrected chi connectivity index (χ2v) is 6.45. The highest BCUT2D eigenvalue weighted by atomic mass is 16.5. The van der Waals surface area contributed by atoms with Gasteiger partial charge in [-0.25, -0.2) is 0 Å². The number of hydrogen-bond acceptors (Lipinski definition) is 6. The van der Waals surface area contributed by atoms with E-state index in [4.69, 9.17) is 4.52 Å². The number of carbonyl (C=O) groups excluding carboxylic acids is 1. The summed E-state index contributed by atoms with van der Waals surface area (Å²) in [6.07, 6.45) is 4.20. The number of anilines is 1. The quantitative estimate of drug-likeness (QED) is 0.693.